The molecule has 0 atom stereocenters. The number of benzene rings is 1. The van der Waals surface area contributed by atoms with Gasteiger partial charge in [0.05, 0.1) is 11.9 Å². The minimum Gasteiger partial charge on any atom is -0.466 e. The van der Waals surface area contributed by atoms with Crippen molar-refractivity contribution in [1.82, 2.24) is 9.71 Å². The summed E-state index contributed by atoms with van der Waals surface area (Å²) in [4.78, 5) is 16.0. The summed E-state index contributed by atoms with van der Waals surface area (Å²) < 4.78 is 33.1. The number of carbonyl (C=O) groups is 1. The molecule has 0 unspecified atom stereocenters. The number of sulfonamides is 1. The fourth-order valence-corrected chi connectivity index (χ4v) is 5.86. The van der Waals surface area contributed by atoms with Gasteiger partial charge in [-0.15, -0.1) is 0 Å². The Hall–Kier alpha value is -2.25. The van der Waals surface area contributed by atoms with Crippen molar-refractivity contribution in [1.29, 1.82) is 0 Å². The molecule has 2 aromatic rings. The van der Waals surface area contributed by atoms with Crippen molar-refractivity contribution >= 4 is 16.0 Å². The Kier molecular flexibility index (Phi) is 9.23. The predicted molar refractivity (Wildman–Crippen MR) is 126 cm³/mol. The molecule has 1 N–H and O–H groups in total. The summed E-state index contributed by atoms with van der Waals surface area (Å²) in [6.45, 7) is 2.57. The van der Waals surface area contributed by atoms with E-state index >= 15 is 0 Å². The van der Waals surface area contributed by atoms with Crippen molar-refractivity contribution in [2.24, 2.45) is 0 Å². The maximum Gasteiger partial charge on any atom is 0.306 e. The molecule has 0 spiro atoms. The van der Waals surface area contributed by atoms with Gasteiger partial charge in [-0.05, 0) is 67.3 Å². The predicted octanol–water partition coefficient (Wildman–Crippen LogP) is 3.96. The summed E-state index contributed by atoms with van der Waals surface area (Å²) in [5.74, 6) is -0.202. The van der Waals surface area contributed by atoms with Gasteiger partial charge < -0.3 is 4.74 Å². The van der Waals surface area contributed by atoms with Gasteiger partial charge in [-0.2, -0.15) is 0 Å². The molecule has 1 saturated carbocycles. The van der Waals surface area contributed by atoms with E-state index in [2.05, 4.69) is 27.9 Å². The van der Waals surface area contributed by atoms with Crippen LogP contribution in [0.1, 0.15) is 67.7 Å². The van der Waals surface area contributed by atoms with Crippen LogP contribution < -0.4 is 4.72 Å². The highest BCUT2D eigenvalue weighted by Gasteiger charge is 2.26. The molecule has 1 aliphatic rings. The van der Waals surface area contributed by atoms with E-state index in [-0.39, 0.29) is 11.2 Å². The normalized spacial score (nSPS) is 14.9. The first-order valence-electron chi connectivity index (χ1n) is 11.6. The molecule has 6 nitrogen and oxygen atoms in total. The van der Waals surface area contributed by atoms with Crippen LogP contribution in [0.2, 0.25) is 0 Å². The topological polar surface area (TPSA) is 85.4 Å². The Morgan fingerprint density at radius 2 is 1.78 bits per heavy atom. The summed E-state index contributed by atoms with van der Waals surface area (Å²) in [7, 11) is -3.27. The number of nitrogens with zero attached hydrogens (tertiary/aromatic N) is 1. The highest BCUT2D eigenvalue weighted by Crippen LogP contribution is 2.23. The van der Waals surface area contributed by atoms with Crippen molar-refractivity contribution < 1.29 is 17.9 Å². The van der Waals surface area contributed by atoms with Crippen LogP contribution >= 0.6 is 0 Å². The number of aromatic nitrogens is 1. The van der Waals surface area contributed by atoms with Crippen LogP contribution in [0, 0.1) is 0 Å². The Morgan fingerprint density at radius 1 is 1.06 bits per heavy atom. The van der Waals surface area contributed by atoms with Gasteiger partial charge in [0.2, 0.25) is 10.0 Å². The van der Waals surface area contributed by atoms with E-state index in [0.717, 1.165) is 60.8 Å². The Morgan fingerprint density at radius 3 is 2.47 bits per heavy atom. The summed E-state index contributed by atoms with van der Waals surface area (Å²) in [5, 5.41) is -0.256. The van der Waals surface area contributed by atoms with E-state index in [4.69, 9.17) is 4.74 Å². The third-order valence-electron chi connectivity index (χ3n) is 5.87. The second kappa shape index (κ2) is 12.1. The molecule has 1 aromatic carbocycles. The Bertz CT molecular complexity index is 971. The van der Waals surface area contributed by atoms with Crippen LogP contribution in [0.4, 0.5) is 0 Å². The van der Waals surface area contributed by atoms with Crippen molar-refractivity contribution in [3.8, 4) is 0 Å². The minimum absolute atomic E-state index is 0.202. The van der Waals surface area contributed by atoms with Crippen molar-refractivity contribution in [2.75, 3.05) is 13.2 Å². The van der Waals surface area contributed by atoms with E-state index in [9.17, 15) is 13.2 Å². The van der Waals surface area contributed by atoms with Gasteiger partial charge in [0, 0.05) is 25.4 Å². The summed E-state index contributed by atoms with van der Waals surface area (Å²) in [6.07, 6.45) is 10.5. The molecule has 174 valence electrons. The third-order valence-corrected chi connectivity index (χ3v) is 7.83. The number of hydrogen-bond donors (Lipinski definition) is 1. The second-order valence-corrected chi connectivity index (χ2v) is 10.5. The molecule has 0 radical (unpaired) electrons. The lowest BCUT2D eigenvalue weighted by Crippen LogP contribution is -2.36. The molecule has 0 bridgehead atoms. The van der Waals surface area contributed by atoms with Crippen LogP contribution in [-0.2, 0) is 38.8 Å². The molecular formula is C25H34N2O4S. The Labute approximate surface area is 191 Å². The van der Waals surface area contributed by atoms with E-state index in [1.165, 1.54) is 0 Å². The van der Waals surface area contributed by atoms with Gasteiger partial charge in [0.1, 0.15) is 0 Å². The number of esters is 1. The lowest BCUT2D eigenvalue weighted by atomic mass is 9.97. The highest BCUT2D eigenvalue weighted by atomic mass is 32.2. The summed E-state index contributed by atoms with van der Waals surface area (Å²) in [5.41, 5.74) is 4.37. The first kappa shape index (κ1) is 24.4. The number of hydrogen-bond acceptors (Lipinski definition) is 5. The van der Waals surface area contributed by atoms with Gasteiger partial charge in [-0.3, -0.25) is 9.78 Å². The molecule has 0 amide bonds. The molecule has 0 saturated heterocycles. The molecule has 32 heavy (non-hydrogen) atoms. The van der Waals surface area contributed by atoms with Crippen molar-refractivity contribution in [3.63, 3.8) is 0 Å². The standard InChI is InChI=1S/C25H34N2O4S/c1-2-31-25(28)11-10-20-15-21(17-23(16-20)18-22-7-6-13-26-19-22)12-14-27-32(29,30)24-8-4-3-5-9-24/h6-7,13,15-17,19,24,27H,2-5,8-12,14,18H2,1H3. The number of pyridine rings is 1. The van der Waals surface area contributed by atoms with E-state index in [1.807, 2.05) is 18.3 Å². The summed E-state index contributed by atoms with van der Waals surface area (Å²) in [6, 6.07) is 10.3. The van der Waals surface area contributed by atoms with Gasteiger partial charge in [0.25, 0.3) is 0 Å². The maximum atomic E-state index is 12.6. The number of carbonyl (C=O) groups excluding carboxylic acids is 1. The number of ether oxygens (including phenoxy) is 1. The van der Waals surface area contributed by atoms with Gasteiger partial charge in [0.15, 0.2) is 0 Å². The quantitative estimate of drug-likeness (QED) is 0.515. The molecule has 1 aromatic heterocycles. The minimum atomic E-state index is -3.27. The molecule has 1 aliphatic carbocycles. The summed E-state index contributed by atoms with van der Waals surface area (Å²) >= 11 is 0. The van der Waals surface area contributed by atoms with E-state index in [0.29, 0.717) is 32.4 Å². The molecule has 0 aliphatic heterocycles. The average molecular weight is 459 g/mol. The third kappa shape index (κ3) is 7.71. The zero-order chi connectivity index (χ0) is 22.8. The average Bonchev–Trinajstić information content (AvgIpc) is 2.79. The van der Waals surface area contributed by atoms with E-state index in [1.54, 1.807) is 13.1 Å². The fraction of sp³-hybridized carbons (Fsp3) is 0.520. The number of aryl methyl sites for hydroxylation is 1. The van der Waals surface area contributed by atoms with Crippen LogP contribution in [0.15, 0.2) is 42.7 Å². The fourth-order valence-electron chi connectivity index (χ4n) is 4.28. The zero-order valence-electron chi connectivity index (χ0n) is 18.9. The molecule has 3 rings (SSSR count). The Balaban J connectivity index is 1.67. The molecule has 1 heterocycles. The second-order valence-electron chi connectivity index (χ2n) is 8.45. The van der Waals surface area contributed by atoms with Gasteiger partial charge >= 0.3 is 5.97 Å². The van der Waals surface area contributed by atoms with Crippen molar-refractivity contribution in [2.45, 2.75) is 70.0 Å². The van der Waals surface area contributed by atoms with Crippen molar-refractivity contribution in [3.05, 3.63) is 65.0 Å². The smallest absolute Gasteiger partial charge is 0.306 e. The number of rotatable bonds is 11. The lowest BCUT2D eigenvalue weighted by Gasteiger charge is -2.22. The highest BCUT2D eigenvalue weighted by molar-refractivity contribution is 7.90. The molecular weight excluding hydrogens is 424 g/mol. The number of nitrogens with one attached hydrogen (secondary N) is 1. The molecule has 7 heteroatoms. The monoisotopic (exact) mass is 458 g/mol. The largest absolute Gasteiger partial charge is 0.466 e. The van der Waals surface area contributed by atoms with Crippen LogP contribution in [-0.4, -0.2) is 37.8 Å². The SMILES string of the molecule is CCOC(=O)CCc1cc(CCNS(=O)(=O)C2CCCCC2)cc(Cc2cccnc2)c1. The van der Waals surface area contributed by atoms with Crippen LogP contribution in [0.25, 0.3) is 0 Å². The van der Waals surface area contributed by atoms with Gasteiger partial charge in [-0.1, -0.05) is 43.5 Å². The first-order chi connectivity index (χ1) is 15.5. The maximum absolute atomic E-state index is 12.6. The first-order valence-corrected chi connectivity index (χ1v) is 13.2. The lowest BCUT2D eigenvalue weighted by molar-refractivity contribution is -0.143. The van der Waals surface area contributed by atoms with E-state index < -0.39 is 10.0 Å². The van der Waals surface area contributed by atoms with Crippen LogP contribution in [0.5, 0.6) is 0 Å². The zero-order valence-corrected chi connectivity index (χ0v) is 19.7. The van der Waals surface area contributed by atoms with Crippen LogP contribution in [0.3, 0.4) is 0 Å². The molecule has 1 fully saturated rings. The van der Waals surface area contributed by atoms with Gasteiger partial charge in [-0.25, -0.2) is 13.1 Å².